The van der Waals surface area contributed by atoms with Crippen LogP contribution >= 0.6 is 24.0 Å². The fourth-order valence-corrected chi connectivity index (χ4v) is 3.58. The molecule has 0 aromatic heterocycles. The van der Waals surface area contributed by atoms with Crippen molar-refractivity contribution in [3.8, 4) is 0 Å². The van der Waals surface area contributed by atoms with E-state index in [4.69, 9.17) is 0 Å². The largest absolute Gasteiger partial charge is 0.393 e. The highest BCUT2D eigenvalue weighted by atomic mass is 127. The van der Waals surface area contributed by atoms with Crippen molar-refractivity contribution >= 4 is 29.9 Å². The van der Waals surface area contributed by atoms with E-state index in [0.29, 0.717) is 5.92 Å². The van der Waals surface area contributed by atoms with Gasteiger partial charge in [-0.15, -0.1) is 24.0 Å². The van der Waals surface area contributed by atoms with Crippen LogP contribution in [-0.4, -0.2) is 61.3 Å². The lowest BCUT2D eigenvalue weighted by molar-refractivity contribution is 0.136. The van der Waals surface area contributed by atoms with Crippen LogP contribution in [-0.2, 0) is 0 Å². The van der Waals surface area contributed by atoms with Gasteiger partial charge in [0.2, 0.25) is 0 Å². The number of likely N-dealkylation sites (tertiary alicyclic amines) is 1. The molecule has 142 valence electrons. The Morgan fingerprint density at radius 3 is 2.54 bits per heavy atom. The molecule has 2 rings (SSSR count). The number of aliphatic hydroxyl groups is 1. The van der Waals surface area contributed by atoms with E-state index in [1.54, 1.807) is 0 Å². The van der Waals surface area contributed by atoms with E-state index in [9.17, 15) is 5.11 Å². The standard InChI is InChI=1S/C18H36N4O.HI/c1-3-19-18(21-14-16-6-4-7-17(16)23)20-10-5-11-22-12-8-15(2)9-13-22;/h15-17,23H,3-14H2,1-2H3,(H2,19,20,21);1H. The lowest BCUT2D eigenvalue weighted by Crippen LogP contribution is -2.40. The third-order valence-electron chi connectivity index (χ3n) is 5.27. The molecule has 0 bridgehead atoms. The molecule has 1 aliphatic heterocycles. The zero-order chi connectivity index (χ0) is 16.5. The van der Waals surface area contributed by atoms with E-state index in [0.717, 1.165) is 57.2 Å². The molecular formula is C18H37IN4O. The van der Waals surface area contributed by atoms with Crippen LogP contribution in [0, 0.1) is 11.8 Å². The van der Waals surface area contributed by atoms with Crippen LogP contribution in [0.5, 0.6) is 0 Å². The van der Waals surface area contributed by atoms with E-state index >= 15 is 0 Å². The number of rotatable bonds is 7. The molecule has 2 unspecified atom stereocenters. The molecular weight excluding hydrogens is 415 g/mol. The highest BCUT2D eigenvalue weighted by Gasteiger charge is 2.24. The van der Waals surface area contributed by atoms with Gasteiger partial charge in [-0.1, -0.05) is 13.3 Å². The lowest BCUT2D eigenvalue weighted by Gasteiger charge is -2.30. The minimum Gasteiger partial charge on any atom is -0.393 e. The van der Waals surface area contributed by atoms with Crippen molar-refractivity contribution in [1.29, 1.82) is 0 Å². The summed E-state index contributed by atoms with van der Waals surface area (Å²) >= 11 is 0. The summed E-state index contributed by atoms with van der Waals surface area (Å²) in [6, 6.07) is 0. The van der Waals surface area contributed by atoms with Crippen LogP contribution in [0.1, 0.15) is 52.4 Å². The van der Waals surface area contributed by atoms with Gasteiger partial charge in [0.1, 0.15) is 0 Å². The number of aliphatic imine (C=N–C) groups is 1. The zero-order valence-corrected chi connectivity index (χ0v) is 17.8. The number of hydrogen-bond donors (Lipinski definition) is 3. The normalized spacial score (nSPS) is 26.2. The van der Waals surface area contributed by atoms with Crippen molar-refractivity contribution in [2.24, 2.45) is 16.8 Å². The van der Waals surface area contributed by atoms with Gasteiger partial charge in [-0.3, -0.25) is 4.99 Å². The van der Waals surface area contributed by atoms with Crippen LogP contribution in [0.25, 0.3) is 0 Å². The predicted octanol–water partition coefficient (Wildman–Crippen LogP) is 2.44. The number of piperidine rings is 1. The molecule has 1 heterocycles. The van der Waals surface area contributed by atoms with Crippen LogP contribution in [0.15, 0.2) is 4.99 Å². The summed E-state index contributed by atoms with van der Waals surface area (Å²) in [6.45, 7) is 10.7. The molecule has 1 saturated heterocycles. The first-order chi connectivity index (χ1) is 11.2. The lowest BCUT2D eigenvalue weighted by atomic mass is 9.99. The second-order valence-electron chi connectivity index (χ2n) is 7.28. The highest BCUT2D eigenvalue weighted by molar-refractivity contribution is 14.0. The maximum Gasteiger partial charge on any atom is 0.191 e. The van der Waals surface area contributed by atoms with Crippen molar-refractivity contribution < 1.29 is 5.11 Å². The third-order valence-corrected chi connectivity index (χ3v) is 5.27. The van der Waals surface area contributed by atoms with Gasteiger partial charge in [-0.2, -0.15) is 0 Å². The SMILES string of the molecule is CCNC(=NCC1CCCC1O)NCCCN1CCC(C)CC1.I. The van der Waals surface area contributed by atoms with Gasteiger partial charge in [0.25, 0.3) is 0 Å². The maximum absolute atomic E-state index is 9.89. The number of halogens is 1. The fourth-order valence-electron chi connectivity index (χ4n) is 3.58. The molecule has 2 atom stereocenters. The second kappa shape index (κ2) is 12.3. The van der Waals surface area contributed by atoms with Crippen molar-refractivity contribution in [1.82, 2.24) is 15.5 Å². The molecule has 24 heavy (non-hydrogen) atoms. The number of guanidine groups is 1. The Morgan fingerprint density at radius 2 is 1.92 bits per heavy atom. The van der Waals surface area contributed by atoms with E-state index in [-0.39, 0.29) is 30.1 Å². The Labute approximate surface area is 165 Å². The maximum atomic E-state index is 9.89. The first-order valence-electron chi connectivity index (χ1n) is 9.61. The van der Waals surface area contributed by atoms with E-state index < -0.39 is 0 Å². The Morgan fingerprint density at radius 1 is 1.17 bits per heavy atom. The van der Waals surface area contributed by atoms with Gasteiger partial charge in [0, 0.05) is 25.6 Å². The summed E-state index contributed by atoms with van der Waals surface area (Å²) in [6.07, 6.45) is 6.89. The first kappa shape index (κ1) is 22.0. The Bertz CT molecular complexity index is 359. The van der Waals surface area contributed by atoms with Gasteiger partial charge in [-0.05, 0) is 64.6 Å². The zero-order valence-electron chi connectivity index (χ0n) is 15.5. The summed E-state index contributed by atoms with van der Waals surface area (Å²) in [5, 5.41) is 16.6. The van der Waals surface area contributed by atoms with E-state index in [1.807, 2.05) is 0 Å². The summed E-state index contributed by atoms with van der Waals surface area (Å²) in [4.78, 5) is 7.24. The molecule has 0 spiro atoms. The molecule has 2 aliphatic rings. The van der Waals surface area contributed by atoms with Crippen LogP contribution in [0.3, 0.4) is 0 Å². The van der Waals surface area contributed by atoms with Crippen LogP contribution in [0.2, 0.25) is 0 Å². The summed E-state index contributed by atoms with van der Waals surface area (Å²) in [5.41, 5.74) is 0. The quantitative estimate of drug-likeness (QED) is 0.240. The number of nitrogens with zero attached hydrogens (tertiary/aromatic N) is 2. The number of nitrogens with one attached hydrogen (secondary N) is 2. The van der Waals surface area contributed by atoms with Crippen LogP contribution in [0.4, 0.5) is 0 Å². The molecule has 0 radical (unpaired) electrons. The first-order valence-corrected chi connectivity index (χ1v) is 9.61. The highest BCUT2D eigenvalue weighted by Crippen LogP contribution is 2.25. The number of hydrogen-bond acceptors (Lipinski definition) is 3. The smallest absolute Gasteiger partial charge is 0.191 e. The number of aliphatic hydroxyl groups excluding tert-OH is 1. The van der Waals surface area contributed by atoms with Crippen LogP contribution < -0.4 is 10.6 Å². The fraction of sp³-hybridized carbons (Fsp3) is 0.944. The molecule has 0 amide bonds. The summed E-state index contributed by atoms with van der Waals surface area (Å²) < 4.78 is 0. The van der Waals surface area contributed by atoms with Gasteiger partial charge < -0.3 is 20.6 Å². The van der Waals surface area contributed by atoms with E-state index in [1.165, 1.54) is 32.5 Å². The Hall–Kier alpha value is -0.0800. The molecule has 2 fully saturated rings. The summed E-state index contributed by atoms with van der Waals surface area (Å²) in [5.74, 6) is 2.16. The minimum absolute atomic E-state index is 0. The molecule has 1 aliphatic carbocycles. The predicted molar refractivity (Wildman–Crippen MR) is 112 cm³/mol. The second-order valence-corrected chi connectivity index (χ2v) is 7.28. The molecule has 0 aromatic carbocycles. The van der Waals surface area contributed by atoms with Gasteiger partial charge in [0.15, 0.2) is 5.96 Å². The monoisotopic (exact) mass is 452 g/mol. The average molecular weight is 452 g/mol. The van der Waals surface area contributed by atoms with Gasteiger partial charge in [-0.25, -0.2) is 0 Å². The van der Waals surface area contributed by atoms with Gasteiger partial charge >= 0.3 is 0 Å². The van der Waals surface area contributed by atoms with Gasteiger partial charge in [0.05, 0.1) is 6.10 Å². The topological polar surface area (TPSA) is 59.9 Å². The Kier molecular flexibility index (Phi) is 11.3. The molecule has 1 saturated carbocycles. The average Bonchev–Trinajstić information content (AvgIpc) is 2.96. The molecule has 5 nitrogen and oxygen atoms in total. The molecule has 3 N–H and O–H groups in total. The molecule has 6 heteroatoms. The Balaban J connectivity index is 0.00000288. The van der Waals surface area contributed by atoms with E-state index in [2.05, 4.69) is 34.4 Å². The summed E-state index contributed by atoms with van der Waals surface area (Å²) in [7, 11) is 0. The van der Waals surface area contributed by atoms with Crippen molar-refractivity contribution in [2.45, 2.75) is 58.5 Å². The molecule has 0 aromatic rings. The van der Waals surface area contributed by atoms with Crippen molar-refractivity contribution in [3.63, 3.8) is 0 Å². The van der Waals surface area contributed by atoms with Crippen molar-refractivity contribution in [3.05, 3.63) is 0 Å². The third kappa shape index (κ3) is 7.87. The minimum atomic E-state index is -0.150. The van der Waals surface area contributed by atoms with Crippen molar-refractivity contribution in [2.75, 3.05) is 39.3 Å².